The minimum Gasteiger partial charge on any atom is -0.417 e. The molecule has 0 amide bonds. The Morgan fingerprint density at radius 3 is 1.31 bits per heavy atom. The molecule has 6 nitrogen and oxygen atoms in total. The SMILES string of the molecule is CCCSP(=O)(OCC)Oc1ccc(C(C)(CC)c2ccc(OP(=O)(OCC)SCCC)cc2)cc1. The van der Waals surface area contributed by atoms with E-state index in [1.165, 1.54) is 22.8 Å². The summed E-state index contributed by atoms with van der Waals surface area (Å²) in [5, 5.41) is 0. The van der Waals surface area contributed by atoms with Gasteiger partial charge in [-0.25, -0.2) is 9.13 Å². The van der Waals surface area contributed by atoms with Gasteiger partial charge >= 0.3 is 13.6 Å². The molecular formula is C26H40O6P2S2. The molecule has 2 rings (SSSR count). The molecule has 0 aliphatic carbocycles. The Morgan fingerprint density at radius 1 is 0.667 bits per heavy atom. The summed E-state index contributed by atoms with van der Waals surface area (Å²) in [5.41, 5.74) is 1.95. The van der Waals surface area contributed by atoms with Crippen LogP contribution in [0.25, 0.3) is 0 Å². The quantitative estimate of drug-likeness (QED) is 0.173. The molecule has 0 fully saturated rings. The predicted octanol–water partition coefficient (Wildman–Crippen LogP) is 9.74. The lowest BCUT2D eigenvalue weighted by Gasteiger charge is -2.30. The highest BCUT2D eigenvalue weighted by atomic mass is 32.7. The lowest BCUT2D eigenvalue weighted by Crippen LogP contribution is -2.22. The highest BCUT2D eigenvalue weighted by Gasteiger charge is 2.30. The second-order valence-corrected chi connectivity index (χ2v) is 16.5. The van der Waals surface area contributed by atoms with E-state index >= 15 is 0 Å². The number of hydrogen-bond donors (Lipinski definition) is 0. The number of hydrogen-bond acceptors (Lipinski definition) is 8. The fraction of sp³-hybridized carbons (Fsp3) is 0.538. The van der Waals surface area contributed by atoms with Gasteiger partial charge < -0.3 is 9.05 Å². The van der Waals surface area contributed by atoms with E-state index in [9.17, 15) is 9.13 Å². The van der Waals surface area contributed by atoms with Crippen LogP contribution in [0.2, 0.25) is 0 Å². The van der Waals surface area contributed by atoms with Crippen molar-refractivity contribution in [3.8, 4) is 11.5 Å². The van der Waals surface area contributed by atoms with Crippen molar-refractivity contribution in [3.05, 3.63) is 59.7 Å². The van der Waals surface area contributed by atoms with Gasteiger partial charge in [-0.2, -0.15) is 0 Å². The Bertz CT molecular complexity index is 937. The smallest absolute Gasteiger partial charge is 0.417 e. The van der Waals surface area contributed by atoms with E-state index in [1.807, 2.05) is 76.2 Å². The molecule has 10 heteroatoms. The average molecular weight is 575 g/mol. The minimum atomic E-state index is -3.25. The van der Waals surface area contributed by atoms with Crippen molar-refractivity contribution in [3.63, 3.8) is 0 Å². The first-order valence-electron chi connectivity index (χ1n) is 12.6. The van der Waals surface area contributed by atoms with E-state index in [2.05, 4.69) is 13.8 Å². The Balaban J connectivity index is 2.21. The number of benzene rings is 2. The summed E-state index contributed by atoms with van der Waals surface area (Å²) < 4.78 is 48.5. The van der Waals surface area contributed by atoms with Crippen molar-refractivity contribution in [2.24, 2.45) is 0 Å². The first-order chi connectivity index (χ1) is 17.2. The van der Waals surface area contributed by atoms with Crippen LogP contribution in [-0.4, -0.2) is 24.7 Å². The van der Waals surface area contributed by atoms with Gasteiger partial charge in [-0.15, -0.1) is 0 Å². The second kappa shape index (κ2) is 14.9. The van der Waals surface area contributed by atoms with Crippen molar-refractivity contribution < 1.29 is 27.2 Å². The standard InChI is InChI=1S/C26H40O6P2S2/c1-7-20-35-33(27,29-10-4)31-24-16-12-22(13-17-24)26(6,9-3)23-14-18-25(19-15-23)32-34(28,30-11-5)36-21-8-2/h12-19H,7-11,20-21H2,1-6H3. The van der Waals surface area contributed by atoms with Crippen LogP contribution < -0.4 is 9.05 Å². The van der Waals surface area contributed by atoms with E-state index < -0.39 is 13.6 Å². The molecule has 2 aromatic rings. The van der Waals surface area contributed by atoms with Gasteiger partial charge in [0.2, 0.25) is 0 Å². The van der Waals surface area contributed by atoms with Gasteiger partial charge in [-0.1, -0.05) is 52.0 Å². The zero-order valence-corrected chi connectivity index (χ0v) is 25.7. The zero-order chi connectivity index (χ0) is 26.7. The largest absolute Gasteiger partial charge is 0.440 e. The molecule has 0 N–H and O–H groups in total. The summed E-state index contributed by atoms with van der Waals surface area (Å²) in [6.45, 7) is 6.19. The van der Waals surface area contributed by atoms with Gasteiger partial charge in [0, 0.05) is 16.9 Å². The molecule has 2 atom stereocenters. The zero-order valence-electron chi connectivity index (χ0n) is 22.2. The van der Waals surface area contributed by atoms with E-state index in [1.54, 1.807) is 0 Å². The molecule has 0 aromatic heterocycles. The molecule has 202 valence electrons. The molecule has 2 aromatic carbocycles. The summed E-state index contributed by atoms with van der Waals surface area (Å²) in [6, 6.07) is 15.4. The van der Waals surface area contributed by atoms with Crippen molar-refractivity contribution in [1.82, 2.24) is 0 Å². The van der Waals surface area contributed by atoms with Crippen molar-refractivity contribution in [2.45, 2.75) is 66.2 Å². The minimum absolute atomic E-state index is 0.266. The first-order valence-corrected chi connectivity index (χ1v) is 18.8. The van der Waals surface area contributed by atoms with Gasteiger partial charge in [0.25, 0.3) is 0 Å². The van der Waals surface area contributed by atoms with Crippen molar-refractivity contribution >= 4 is 36.4 Å². The lowest BCUT2D eigenvalue weighted by atomic mass is 9.74. The Hall–Kier alpha value is -0.880. The maximum atomic E-state index is 13.0. The van der Waals surface area contributed by atoms with Gasteiger partial charge in [0.05, 0.1) is 13.2 Å². The lowest BCUT2D eigenvalue weighted by molar-refractivity contribution is 0.295. The van der Waals surface area contributed by atoms with Gasteiger partial charge in [0.15, 0.2) is 0 Å². The second-order valence-electron chi connectivity index (χ2n) is 8.31. The highest BCUT2D eigenvalue weighted by Crippen LogP contribution is 2.61. The number of rotatable bonds is 17. The summed E-state index contributed by atoms with van der Waals surface area (Å²) >= 11 is 2.47. The maximum absolute atomic E-state index is 13.0. The van der Waals surface area contributed by atoms with Gasteiger partial charge in [-0.3, -0.25) is 9.05 Å². The van der Waals surface area contributed by atoms with E-state index in [-0.39, 0.29) is 5.41 Å². The maximum Gasteiger partial charge on any atom is 0.440 e. The van der Waals surface area contributed by atoms with Gasteiger partial charge in [-0.05, 0) is 91.3 Å². The Kier molecular flexibility index (Phi) is 13.0. The highest BCUT2D eigenvalue weighted by molar-refractivity contribution is 8.55. The van der Waals surface area contributed by atoms with Crippen molar-refractivity contribution in [2.75, 3.05) is 24.7 Å². The van der Waals surface area contributed by atoms with E-state index in [4.69, 9.17) is 18.1 Å². The normalized spacial score (nSPS) is 16.5. The van der Waals surface area contributed by atoms with Crippen LogP contribution in [0.3, 0.4) is 0 Å². The fourth-order valence-electron chi connectivity index (χ4n) is 3.50. The molecule has 0 aliphatic heterocycles. The molecular weight excluding hydrogens is 534 g/mol. The third-order valence-corrected chi connectivity index (χ3v) is 13.5. The summed E-state index contributed by atoms with van der Waals surface area (Å²) in [4.78, 5) is 0. The van der Waals surface area contributed by atoms with Crippen LogP contribution in [-0.2, 0) is 23.6 Å². The Morgan fingerprint density at radius 2 is 1.03 bits per heavy atom. The summed E-state index contributed by atoms with van der Waals surface area (Å²) in [6.07, 6.45) is 2.65. The average Bonchev–Trinajstić information content (AvgIpc) is 2.87. The monoisotopic (exact) mass is 574 g/mol. The third kappa shape index (κ3) is 8.85. The van der Waals surface area contributed by atoms with Crippen LogP contribution in [0.4, 0.5) is 0 Å². The van der Waals surface area contributed by atoms with E-state index in [0.717, 1.165) is 30.4 Å². The van der Waals surface area contributed by atoms with Crippen LogP contribution in [0.15, 0.2) is 48.5 Å². The third-order valence-electron chi connectivity index (χ3n) is 5.61. The molecule has 2 unspecified atom stereocenters. The summed E-state index contributed by atoms with van der Waals surface area (Å²) in [5.74, 6) is 2.47. The fourth-order valence-corrected chi connectivity index (χ4v) is 10.4. The van der Waals surface area contributed by atoms with Crippen LogP contribution in [0, 0.1) is 0 Å². The molecule has 0 heterocycles. The molecule has 0 saturated heterocycles. The molecule has 0 saturated carbocycles. The molecule has 0 aliphatic rings. The summed E-state index contributed by atoms with van der Waals surface area (Å²) in [7, 11) is 0. The van der Waals surface area contributed by atoms with Crippen LogP contribution >= 0.6 is 36.4 Å². The topological polar surface area (TPSA) is 71.1 Å². The van der Waals surface area contributed by atoms with Gasteiger partial charge in [0.1, 0.15) is 11.5 Å². The molecule has 0 bridgehead atoms. The Labute approximate surface area is 225 Å². The predicted molar refractivity (Wildman–Crippen MR) is 155 cm³/mol. The first kappa shape index (κ1) is 31.3. The molecule has 0 spiro atoms. The van der Waals surface area contributed by atoms with Crippen molar-refractivity contribution in [1.29, 1.82) is 0 Å². The molecule has 0 radical (unpaired) electrons. The molecule has 36 heavy (non-hydrogen) atoms. The van der Waals surface area contributed by atoms with E-state index in [0.29, 0.717) is 36.2 Å². The van der Waals surface area contributed by atoms with Crippen LogP contribution in [0.1, 0.15) is 71.9 Å². The van der Waals surface area contributed by atoms with Crippen LogP contribution in [0.5, 0.6) is 11.5 Å².